The average Bonchev–Trinajstić information content (AvgIpc) is 2.05. The smallest absolute Gasteiger partial charge is 0.135 e. The van der Waals surface area contributed by atoms with Crippen molar-refractivity contribution in [2.45, 2.75) is 34.6 Å². The van der Waals surface area contributed by atoms with E-state index in [2.05, 4.69) is 4.98 Å². The lowest BCUT2D eigenvalue weighted by Gasteiger charge is -2.19. The van der Waals surface area contributed by atoms with Crippen molar-refractivity contribution in [2.24, 2.45) is 5.41 Å². The summed E-state index contributed by atoms with van der Waals surface area (Å²) in [5, 5.41) is 0. The van der Waals surface area contributed by atoms with Gasteiger partial charge in [-0.1, -0.05) is 27.3 Å². The van der Waals surface area contributed by atoms with Gasteiger partial charge in [0.25, 0.3) is 0 Å². The monoisotopic (exact) mass is 193 g/mol. The molecule has 2 heteroatoms. The average molecular weight is 193 g/mol. The second kappa shape index (κ2) is 4.89. The number of hydrogen-bond acceptors (Lipinski definition) is 2. The van der Waals surface area contributed by atoms with Gasteiger partial charge in [-0.3, -0.25) is 9.78 Å². The highest BCUT2D eigenvalue weighted by atomic mass is 16.1. The lowest BCUT2D eigenvalue weighted by molar-refractivity contribution is -0.124. The van der Waals surface area contributed by atoms with Crippen LogP contribution in [0, 0.1) is 5.41 Å². The third-order valence-corrected chi connectivity index (χ3v) is 2.30. The van der Waals surface area contributed by atoms with Crippen molar-refractivity contribution in [2.75, 3.05) is 0 Å². The molecule has 78 valence electrons. The molecule has 0 fully saturated rings. The Morgan fingerprint density at radius 1 is 1.43 bits per heavy atom. The standard InChI is InChI=1S/C11H15NO.CH4/c1-9(13)11(2,3)8-10-6-4-5-7-12-10;/h4-7H,8H2,1-3H3;1H4. The summed E-state index contributed by atoms with van der Waals surface area (Å²) >= 11 is 0. The number of carbonyl (C=O) groups excluding carboxylic acids is 1. The molecule has 14 heavy (non-hydrogen) atoms. The zero-order valence-electron chi connectivity index (χ0n) is 8.37. The van der Waals surface area contributed by atoms with Gasteiger partial charge in [0, 0.05) is 23.7 Å². The Bertz CT molecular complexity index is 290. The van der Waals surface area contributed by atoms with Gasteiger partial charge in [-0.05, 0) is 19.1 Å². The molecule has 0 aromatic carbocycles. The van der Waals surface area contributed by atoms with Gasteiger partial charge in [-0.2, -0.15) is 0 Å². The van der Waals surface area contributed by atoms with E-state index in [4.69, 9.17) is 0 Å². The van der Waals surface area contributed by atoms with E-state index in [1.54, 1.807) is 13.1 Å². The molecule has 2 nitrogen and oxygen atoms in total. The molecule has 0 spiro atoms. The first-order chi connectivity index (χ1) is 6.02. The highest BCUT2D eigenvalue weighted by Crippen LogP contribution is 2.21. The molecule has 0 atom stereocenters. The molecule has 0 aliphatic rings. The molecule has 0 radical (unpaired) electrons. The van der Waals surface area contributed by atoms with Crippen molar-refractivity contribution in [3.05, 3.63) is 30.1 Å². The maximum atomic E-state index is 11.2. The van der Waals surface area contributed by atoms with Gasteiger partial charge in [0.1, 0.15) is 5.78 Å². The maximum Gasteiger partial charge on any atom is 0.135 e. The number of pyridine rings is 1. The first-order valence-corrected chi connectivity index (χ1v) is 4.43. The third-order valence-electron chi connectivity index (χ3n) is 2.30. The van der Waals surface area contributed by atoms with Crippen LogP contribution in [0.25, 0.3) is 0 Å². The van der Waals surface area contributed by atoms with E-state index in [0.717, 1.165) is 5.69 Å². The molecular formula is C12H19NO. The number of Topliss-reactive ketones (excluding diaryl/α,β-unsaturated/α-hetero) is 1. The van der Waals surface area contributed by atoms with Crippen LogP contribution in [0.15, 0.2) is 24.4 Å². The van der Waals surface area contributed by atoms with Gasteiger partial charge in [-0.15, -0.1) is 0 Å². The van der Waals surface area contributed by atoms with Crippen LogP contribution in [0.3, 0.4) is 0 Å². The van der Waals surface area contributed by atoms with Gasteiger partial charge in [0.05, 0.1) is 0 Å². The van der Waals surface area contributed by atoms with Gasteiger partial charge in [0.15, 0.2) is 0 Å². The quantitative estimate of drug-likeness (QED) is 0.738. The molecule has 0 saturated heterocycles. The van der Waals surface area contributed by atoms with Crippen LogP contribution in [-0.4, -0.2) is 10.8 Å². The van der Waals surface area contributed by atoms with E-state index in [-0.39, 0.29) is 18.6 Å². The van der Waals surface area contributed by atoms with E-state index in [1.165, 1.54) is 0 Å². The van der Waals surface area contributed by atoms with Crippen molar-refractivity contribution < 1.29 is 4.79 Å². The summed E-state index contributed by atoms with van der Waals surface area (Å²) < 4.78 is 0. The minimum atomic E-state index is -0.297. The Kier molecular flexibility index (Phi) is 4.48. The van der Waals surface area contributed by atoms with Crippen molar-refractivity contribution in [1.29, 1.82) is 0 Å². The number of rotatable bonds is 3. The second-order valence-electron chi connectivity index (χ2n) is 3.94. The lowest BCUT2D eigenvalue weighted by Crippen LogP contribution is -2.24. The molecule has 1 aromatic rings. The fraction of sp³-hybridized carbons (Fsp3) is 0.500. The van der Waals surface area contributed by atoms with E-state index < -0.39 is 0 Å². The summed E-state index contributed by atoms with van der Waals surface area (Å²) in [5.74, 6) is 0.207. The predicted octanol–water partition coefficient (Wildman–Crippen LogP) is 2.88. The van der Waals surface area contributed by atoms with Crippen LogP contribution in [0.4, 0.5) is 0 Å². The molecule has 1 heterocycles. The van der Waals surface area contributed by atoms with E-state index in [9.17, 15) is 4.79 Å². The Labute approximate surface area is 86.4 Å². The molecule has 0 aliphatic carbocycles. The zero-order valence-corrected chi connectivity index (χ0v) is 8.37. The number of aromatic nitrogens is 1. The topological polar surface area (TPSA) is 30.0 Å². The van der Waals surface area contributed by atoms with E-state index in [0.29, 0.717) is 6.42 Å². The predicted molar refractivity (Wildman–Crippen MR) is 59.1 cm³/mol. The molecule has 1 aromatic heterocycles. The van der Waals surface area contributed by atoms with Gasteiger partial charge in [-0.25, -0.2) is 0 Å². The van der Waals surface area contributed by atoms with Crippen molar-refractivity contribution in [1.82, 2.24) is 4.98 Å². The van der Waals surface area contributed by atoms with Crippen molar-refractivity contribution in [3.63, 3.8) is 0 Å². The highest BCUT2D eigenvalue weighted by molar-refractivity contribution is 5.81. The molecule has 0 aliphatic heterocycles. The molecular weight excluding hydrogens is 174 g/mol. The molecule has 1 rings (SSSR count). The number of ketones is 1. The Morgan fingerprint density at radius 2 is 2.07 bits per heavy atom. The van der Waals surface area contributed by atoms with Crippen LogP contribution in [-0.2, 0) is 11.2 Å². The van der Waals surface area contributed by atoms with Gasteiger partial charge < -0.3 is 0 Å². The van der Waals surface area contributed by atoms with E-state index >= 15 is 0 Å². The summed E-state index contributed by atoms with van der Waals surface area (Å²) in [6.07, 6.45) is 2.47. The first-order valence-electron chi connectivity index (χ1n) is 4.43. The molecule has 0 unspecified atom stereocenters. The SMILES string of the molecule is C.CC(=O)C(C)(C)Cc1ccccn1. The summed E-state index contributed by atoms with van der Waals surface area (Å²) in [7, 11) is 0. The van der Waals surface area contributed by atoms with Crippen molar-refractivity contribution in [3.8, 4) is 0 Å². The Hall–Kier alpha value is -1.18. The second-order valence-corrected chi connectivity index (χ2v) is 3.94. The fourth-order valence-corrected chi connectivity index (χ4v) is 1.08. The lowest BCUT2D eigenvalue weighted by atomic mass is 9.84. The zero-order chi connectivity index (χ0) is 9.90. The summed E-state index contributed by atoms with van der Waals surface area (Å²) in [6, 6.07) is 5.77. The maximum absolute atomic E-state index is 11.2. The number of nitrogens with zero attached hydrogens (tertiary/aromatic N) is 1. The summed E-state index contributed by atoms with van der Waals surface area (Å²) in [6.45, 7) is 5.52. The Balaban J connectivity index is 0.00000169. The summed E-state index contributed by atoms with van der Waals surface area (Å²) in [5.41, 5.74) is 0.677. The number of carbonyl (C=O) groups is 1. The summed E-state index contributed by atoms with van der Waals surface area (Å²) in [4.78, 5) is 15.4. The molecule has 0 saturated carbocycles. The van der Waals surface area contributed by atoms with Crippen LogP contribution in [0.2, 0.25) is 0 Å². The van der Waals surface area contributed by atoms with E-state index in [1.807, 2.05) is 32.0 Å². The van der Waals surface area contributed by atoms with Crippen LogP contribution in [0.1, 0.15) is 33.9 Å². The molecule has 0 amide bonds. The normalized spacial score (nSPS) is 10.5. The first kappa shape index (κ1) is 12.8. The Morgan fingerprint density at radius 3 is 2.50 bits per heavy atom. The number of hydrogen-bond donors (Lipinski definition) is 0. The molecule has 0 N–H and O–H groups in total. The third kappa shape index (κ3) is 3.29. The van der Waals surface area contributed by atoms with Gasteiger partial charge in [0.2, 0.25) is 0 Å². The van der Waals surface area contributed by atoms with Gasteiger partial charge >= 0.3 is 0 Å². The van der Waals surface area contributed by atoms with Crippen LogP contribution < -0.4 is 0 Å². The minimum Gasteiger partial charge on any atom is -0.299 e. The largest absolute Gasteiger partial charge is 0.299 e. The van der Waals surface area contributed by atoms with Crippen LogP contribution in [0.5, 0.6) is 0 Å². The van der Waals surface area contributed by atoms with Crippen molar-refractivity contribution >= 4 is 5.78 Å². The fourth-order valence-electron chi connectivity index (χ4n) is 1.08. The van der Waals surface area contributed by atoms with Crippen LogP contribution >= 0.6 is 0 Å². The molecule has 0 bridgehead atoms. The highest BCUT2D eigenvalue weighted by Gasteiger charge is 2.24. The minimum absolute atomic E-state index is 0.